The van der Waals surface area contributed by atoms with E-state index >= 15 is 0 Å². The number of nitrogens with two attached hydrogens (primary N) is 1. The summed E-state index contributed by atoms with van der Waals surface area (Å²) < 4.78 is 25.7. The summed E-state index contributed by atoms with van der Waals surface area (Å²) in [6, 6.07) is -0.353. The second-order valence-electron chi connectivity index (χ2n) is 3.18. The predicted molar refractivity (Wildman–Crippen MR) is 54.5 cm³/mol. The highest BCUT2D eigenvalue weighted by atomic mass is 32.2. The molecule has 5 N–H and O–H groups in total. The van der Waals surface area contributed by atoms with Crippen molar-refractivity contribution < 1.29 is 13.5 Å². The number of anilines is 1. The molecule has 1 atom stereocenters. The summed E-state index contributed by atoms with van der Waals surface area (Å²) in [5, 5.41) is 14.5. The van der Waals surface area contributed by atoms with Crippen molar-refractivity contribution in [2.75, 3.05) is 12.3 Å². The van der Waals surface area contributed by atoms with E-state index in [1.165, 1.54) is 0 Å². The van der Waals surface area contributed by atoms with Crippen molar-refractivity contribution in [3.8, 4) is 0 Å². The van der Waals surface area contributed by atoms with Gasteiger partial charge in [0.15, 0.2) is 0 Å². The van der Waals surface area contributed by atoms with Crippen LogP contribution in [0.1, 0.15) is 13.3 Å². The number of aliphatic hydroxyl groups excluding tert-OH is 1. The van der Waals surface area contributed by atoms with Gasteiger partial charge in [-0.1, -0.05) is 0 Å². The van der Waals surface area contributed by atoms with Crippen molar-refractivity contribution in [2.45, 2.75) is 24.3 Å². The van der Waals surface area contributed by atoms with E-state index in [1.54, 1.807) is 6.92 Å². The Morgan fingerprint density at radius 1 is 1.73 bits per heavy atom. The summed E-state index contributed by atoms with van der Waals surface area (Å²) in [5.41, 5.74) is 5.39. The molecule has 0 amide bonds. The van der Waals surface area contributed by atoms with Crippen molar-refractivity contribution in [1.82, 2.24) is 14.9 Å². The van der Waals surface area contributed by atoms with Crippen LogP contribution in [-0.4, -0.2) is 36.4 Å². The molecule has 0 fully saturated rings. The molecule has 1 rings (SSSR count). The van der Waals surface area contributed by atoms with Crippen LogP contribution in [0.4, 0.5) is 5.82 Å². The van der Waals surface area contributed by atoms with Gasteiger partial charge in [-0.15, -0.1) is 0 Å². The zero-order chi connectivity index (χ0) is 11.5. The maximum atomic E-state index is 11.7. The Morgan fingerprint density at radius 3 is 2.87 bits per heavy atom. The third-order valence-corrected chi connectivity index (χ3v) is 3.46. The van der Waals surface area contributed by atoms with Gasteiger partial charge in [-0.05, 0) is 13.3 Å². The molecule has 86 valence electrons. The van der Waals surface area contributed by atoms with Crippen LogP contribution in [0.25, 0.3) is 0 Å². The number of nitrogens with zero attached hydrogens (tertiary/aromatic N) is 1. The Balaban J connectivity index is 2.81. The van der Waals surface area contributed by atoms with Crippen molar-refractivity contribution in [1.29, 1.82) is 0 Å². The van der Waals surface area contributed by atoms with E-state index in [4.69, 9.17) is 10.8 Å². The molecular weight excluding hydrogens is 220 g/mol. The van der Waals surface area contributed by atoms with Gasteiger partial charge in [-0.2, -0.15) is 5.10 Å². The minimum atomic E-state index is -3.65. The van der Waals surface area contributed by atoms with Crippen LogP contribution in [0.15, 0.2) is 11.1 Å². The van der Waals surface area contributed by atoms with Crippen LogP contribution < -0.4 is 10.5 Å². The number of aromatic nitrogens is 2. The Kier molecular flexibility index (Phi) is 3.66. The molecule has 15 heavy (non-hydrogen) atoms. The first-order valence-corrected chi connectivity index (χ1v) is 5.87. The average Bonchev–Trinajstić information content (AvgIpc) is 2.51. The largest absolute Gasteiger partial charge is 0.396 e. The molecule has 0 bridgehead atoms. The molecule has 0 radical (unpaired) electrons. The van der Waals surface area contributed by atoms with Crippen LogP contribution in [0.5, 0.6) is 0 Å². The molecule has 0 saturated carbocycles. The molecular formula is C7H14N4O3S. The van der Waals surface area contributed by atoms with Gasteiger partial charge < -0.3 is 10.8 Å². The molecule has 0 aliphatic heterocycles. The summed E-state index contributed by atoms with van der Waals surface area (Å²) in [5.74, 6) is -0.00121. The van der Waals surface area contributed by atoms with Gasteiger partial charge in [-0.25, -0.2) is 13.1 Å². The number of rotatable bonds is 5. The molecule has 8 heteroatoms. The van der Waals surface area contributed by atoms with Crippen molar-refractivity contribution in [3.63, 3.8) is 0 Å². The topological polar surface area (TPSA) is 121 Å². The quantitative estimate of drug-likeness (QED) is 0.523. The number of sulfonamides is 1. The monoisotopic (exact) mass is 234 g/mol. The molecule has 7 nitrogen and oxygen atoms in total. The van der Waals surface area contributed by atoms with Gasteiger partial charge in [-0.3, -0.25) is 5.10 Å². The van der Waals surface area contributed by atoms with E-state index in [2.05, 4.69) is 14.9 Å². The number of aromatic amines is 1. The Hall–Kier alpha value is -1.12. The second kappa shape index (κ2) is 4.60. The molecule has 1 unspecified atom stereocenters. The van der Waals surface area contributed by atoms with Gasteiger partial charge in [0.2, 0.25) is 10.0 Å². The summed E-state index contributed by atoms with van der Waals surface area (Å²) in [4.78, 5) is -0.0766. The minimum absolute atomic E-state index is 0.00121. The molecule has 0 aliphatic rings. The van der Waals surface area contributed by atoms with Gasteiger partial charge in [0.05, 0.1) is 6.20 Å². The maximum Gasteiger partial charge on any atom is 0.246 e. The predicted octanol–water partition coefficient (Wildman–Crippen LogP) is -0.959. The first-order chi connectivity index (χ1) is 6.97. The SMILES string of the molecule is CC(CCO)NS(=O)(=O)c1cn[nH]c1N. The third kappa shape index (κ3) is 2.91. The fourth-order valence-corrected chi connectivity index (χ4v) is 2.38. The summed E-state index contributed by atoms with van der Waals surface area (Å²) in [6.07, 6.45) is 1.49. The fraction of sp³-hybridized carbons (Fsp3) is 0.571. The highest BCUT2D eigenvalue weighted by molar-refractivity contribution is 7.89. The van der Waals surface area contributed by atoms with E-state index in [9.17, 15) is 8.42 Å². The number of aliphatic hydroxyl groups is 1. The Morgan fingerprint density at radius 2 is 2.40 bits per heavy atom. The van der Waals surface area contributed by atoms with Gasteiger partial charge in [0, 0.05) is 12.6 Å². The lowest BCUT2D eigenvalue weighted by Crippen LogP contribution is -2.33. The van der Waals surface area contributed by atoms with Gasteiger partial charge >= 0.3 is 0 Å². The molecule has 0 spiro atoms. The lowest BCUT2D eigenvalue weighted by atomic mass is 10.3. The fourth-order valence-electron chi connectivity index (χ4n) is 1.08. The van der Waals surface area contributed by atoms with E-state index in [0.29, 0.717) is 6.42 Å². The first-order valence-electron chi connectivity index (χ1n) is 4.39. The number of hydrogen-bond donors (Lipinski definition) is 4. The number of H-pyrrole nitrogens is 1. The zero-order valence-electron chi connectivity index (χ0n) is 8.27. The van der Waals surface area contributed by atoms with Crippen LogP contribution >= 0.6 is 0 Å². The molecule has 0 saturated heterocycles. The van der Waals surface area contributed by atoms with Crippen LogP contribution in [0.3, 0.4) is 0 Å². The number of nitrogens with one attached hydrogen (secondary N) is 2. The highest BCUT2D eigenvalue weighted by Gasteiger charge is 2.21. The van der Waals surface area contributed by atoms with Crippen molar-refractivity contribution in [2.24, 2.45) is 0 Å². The first kappa shape index (κ1) is 12.0. The van der Waals surface area contributed by atoms with E-state index in [0.717, 1.165) is 6.20 Å². The van der Waals surface area contributed by atoms with E-state index in [-0.39, 0.29) is 23.4 Å². The van der Waals surface area contributed by atoms with Crippen molar-refractivity contribution >= 4 is 15.8 Å². The molecule has 1 heterocycles. The van der Waals surface area contributed by atoms with Gasteiger partial charge in [0.1, 0.15) is 10.7 Å². The van der Waals surface area contributed by atoms with Crippen molar-refractivity contribution in [3.05, 3.63) is 6.20 Å². The lowest BCUT2D eigenvalue weighted by molar-refractivity contribution is 0.275. The Bertz CT molecular complexity index is 414. The second-order valence-corrected chi connectivity index (χ2v) is 4.86. The standard InChI is InChI=1S/C7H14N4O3S/c1-5(2-3-12)11-15(13,14)6-4-9-10-7(6)8/h4-5,11-12H,2-3H2,1H3,(H3,8,9,10). The molecule has 1 aromatic heterocycles. The lowest BCUT2D eigenvalue weighted by Gasteiger charge is -2.11. The molecule has 1 aromatic rings. The normalized spacial score (nSPS) is 14.0. The molecule has 0 aliphatic carbocycles. The summed E-state index contributed by atoms with van der Waals surface area (Å²) in [6.45, 7) is 1.58. The van der Waals surface area contributed by atoms with Crippen LogP contribution in [-0.2, 0) is 10.0 Å². The van der Waals surface area contributed by atoms with Crippen LogP contribution in [0.2, 0.25) is 0 Å². The van der Waals surface area contributed by atoms with Crippen LogP contribution in [0, 0.1) is 0 Å². The maximum absolute atomic E-state index is 11.7. The van der Waals surface area contributed by atoms with Gasteiger partial charge in [0.25, 0.3) is 0 Å². The highest BCUT2D eigenvalue weighted by Crippen LogP contribution is 2.14. The van der Waals surface area contributed by atoms with E-state index < -0.39 is 10.0 Å². The minimum Gasteiger partial charge on any atom is -0.396 e. The summed E-state index contributed by atoms with van der Waals surface area (Å²) >= 11 is 0. The summed E-state index contributed by atoms with van der Waals surface area (Å²) in [7, 11) is -3.65. The number of nitrogen functional groups attached to an aromatic ring is 1. The molecule has 0 aromatic carbocycles. The van der Waals surface area contributed by atoms with E-state index in [1.807, 2.05) is 0 Å². The number of hydrogen-bond acceptors (Lipinski definition) is 5. The zero-order valence-corrected chi connectivity index (χ0v) is 9.08. The average molecular weight is 234 g/mol. The Labute approximate surface area is 87.7 Å². The smallest absolute Gasteiger partial charge is 0.246 e. The third-order valence-electron chi connectivity index (χ3n) is 1.84.